The van der Waals surface area contributed by atoms with Crippen molar-refractivity contribution in [2.24, 2.45) is 10.8 Å². The predicted molar refractivity (Wildman–Crippen MR) is 103 cm³/mol. The van der Waals surface area contributed by atoms with Crippen molar-refractivity contribution in [2.75, 3.05) is 13.1 Å². The van der Waals surface area contributed by atoms with Crippen molar-refractivity contribution in [3.63, 3.8) is 0 Å². The molecule has 0 bridgehead atoms. The molecule has 2 heterocycles. The Kier molecular flexibility index (Phi) is 5.15. The van der Waals surface area contributed by atoms with Gasteiger partial charge in [0, 0.05) is 13.0 Å². The Bertz CT molecular complexity index is 768. The van der Waals surface area contributed by atoms with Crippen LogP contribution in [0.3, 0.4) is 0 Å². The molecule has 0 N–H and O–H groups in total. The van der Waals surface area contributed by atoms with Gasteiger partial charge >= 0.3 is 0 Å². The van der Waals surface area contributed by atoms with Gasteiger partial charge < -0.3 is 0 Å². The largest absolute Gasteiger partial charge is 0.299 e. The number of piperidine rings is 1. The molecule has 5 heteroatoms. The fourth-order valence-corrected chi connectivity index (χ4v) is 3.94. The Morgan fingerprint density at radius 1 is 1.15 bits per heavy atom. The molecule has 0 spiro atoms. The molecule has 1 aliphatic heterocycles. The van der Waals surface area contributed by atoms with E-state index < -0.39 is 0 Å². The van der Waals surface area contributed by atoms with Crippen LogP contribution in [0.2, 0.25) is 0 Å². The third-order valence-electron chi connectivity index (χ3n) is 6.00. The third-order valence-corrected chi connectivity index (χ3v) is 6.00. The van der Waals surface area contributed by atoms with Gasteiger partial charge in [0.05, 0.1) is 23.6 Å². The van der Waals surface area contributed by atoms with Gasteiger partial charge in [-0.05, 0) is 61.4 Å². The summed E-state index contributed by atoms with van der Waals surface area (Å²) in [6, 6.07) is 10.9. The molecule has 5 nitrogen and oxygen atoms in total. The lowest BCUT2D eigenvalue weighted by molar-refractivity contribution is 0.00711. The molecule has 1 fully saturated rings. The topological polar surface area (TPSA) is 57.7 Å². The Morgan fingerprint density at radius 2 is 1.81 bits per heavy atom. The van der Waals surface area contributed by atoms with Gasteiger partial charge in [-0.15, -0.1) is 0 Å². The maximum absolute atomic E-state index is 9.29. The Hall–Kier alpha value is -2.19. The molecule has 1 aromatic carbocycles. The molecule has 0 aliphatic carbocycles. The lowest BCUT2D eigenvalue weighted by Gasteiger charge is -2.49. The standard InChI is InChI=1S/C21H29N5/c1-17-15-23-26(24-17)19-7-5-18(6-8-19)16-25-13-10-21(9-12-22,11-14-25)20(2,3)4/h5-8,15H,9-11,13-14,16H2,1-4H3. The average molecular weight is 351 g/mol. The third kappa shape index (κ3) is 3.81. The van der Waals surface area contributed by atoms with E-state index in [1.165, 1.54) is 5.56 Å². The zero-order valence-electron chi connectivity index (χ0n) is 16.4. The number of hydrogen-bond donors (Lipinski definition) is 0. The number of hydrogen-bond acceptors (Lipinski definition) is 4. The van der Waals surface area contributed by atoms with Crippen LogP contribution in [0.1, 0.15) is 51.3 Å². The number of nitrogens with zero attached hydrogens (tertiary/aromatic N) is 5. The molecule has 1 aliphatic rings. The molecule has 0 saturated carbocycles. The van der Waals surface area contributed by atoms with Crippen molar-refractivity contribution in [3.05, 3.63) is 41.7 Å². The van der Waals surface area contributed by atoms with Gasteiger partial charge in [0.25, 0.3) is 0 Å². The normalized spacial score (nSPS) is 17.8. The van der Waals surface area contributed by atoms with Crippen LogP contribution in [0.25, 0.3) is 5.69 Å². The Morgan fingerprint density at radius 3 is 2.31 bits per heavy atom. The first-order valence-electron chi connectivity index (χ1n) is 9.41. The SMILES string of the molecule is Cc1cnn(-c2ccc(CN3CCC(CC#N)(C(C)(C)C)CC3)cc2)n1. The van der Waals surface area contributed by atoms with Crippen LogP contribution in [-0.2, 0) is 6.54 Å². The minimum atomic E-state index is 0.145. The summed E-state index contributed by atoms with van der Waals surface area (Å²) in [5, 5.41) is 17.9. The molecule has 0 radical (unpaired) electrons. The highest BCUT2D eigenvalue weighted by atomic mass is 15.5. The quantitative estimate of drug-likeness (QED) is 0.831. The summed E-state index contributed by atoms with van der Waals surface area (Å²) in [4.78, 5) is 4.17. The lowest BCUT2D eigenvalue weighted by atomic mass is 9.60. The van der Waals surface area contributed by atoms with Crippen LogP contribution in [0.5, 0.6) is 0 Å². The number of rotatable bonds is 4. The summed E-state index contributed by atoms with van der Waals surface area (Å²) in [5.41, 5.74) is 3.53. The van der Waals surface area contributed by atoms with E-state index in [9.17, 15) is 5.26 Å². The molecule has 0 amide bonds. The number of aromatic nitrogens is 3. The smallest absolute Gasteiger partial charge is 0.0856 e. The predicted octanol–water partition coefficient (Wildman–Crippen LogP) is 4.12. The molecule has 26 heavy (non-hydrogen) atoms. The number of benzene rings is 1. The van der Waals surface area contributed by atoms with Crippen molar-refractivity contribution < 1.29 is 0 Å². The molecular weight excluding hydrogens is 322 g/mol. The Balaban J connectivity index is 1.62. The lowest BCUT2D eigenvalue weighted by Crippen LogP contribution is -2.46. The van der Waals surface area contributed by atoms with Gasteiger partial charge in [-0.3, -0.25) is 4.90 Å². The van der Waals surface area contributed by atoms with Crippen molar-refractivity contribution in [1.82, 2.24) is 19.9 Å². The second-order valence-corrected chi connectivity index (χ2v) is 8.58. The maximum atomic E-state index is 9.29. The average Bonchev–Trinajstić information content (AvgIpc) is 3.03. The van der Waals surface area contributed by atoms with Crippen molar-refractivity contribution in [3.8, 4) is 11.8 Å². The second-order valence-electron chi connectivity index (χ2n) is 8.58. The van der Waals surface area contributed by atoms with Crippen LogP contribution >= 0.6 is 0 Å². The van der Waals surface area contributed by atoms with Crippen LogP contribution in [0.15, 0.2) is 30.5 Å². The van der Waals surface area contributed by atoms with E-state index in [1.54, 1.807) is 11.0 Å². The van der Waals surface area contributed by atoms with E-state index in [0.29, 0.717) is 6.42 Å². The van der Waals surface area contributed by atoms with Crippen LogP contribution < -0.4 is 0 Å². The Labute approximate surface area is 156 Å². The van der Waals surface area contributed by atoms with E-state index in [4.69, 9.17) is 0 Å². The first kappa shape index (κ1) is 18.6. The second kappa shape index (κ2) is 7.20. The number of nitriles is 1. The summed E-state index contributed by atoms with van der Waals surface area (Å²) < 4.78 is 0. The first-order valence-corrected chi connectivity index (χ1v) is 9.41. The molecule has 2 aromatic rings. The molecular formula is C21H29N5. The zero-order chi connectivity index (χ0) is 18.8. The number of aryl methyl sites for hydroxylation is 1. The molecule has 0 unspecified atom stereocenters. The van der Waals surface area contributed by atoms with Gasteiger partial charge in [-0.1, -0.05) is 32.9 Å². The van der Waals surface area contributed by atoms with Crippen LogP contribution in [-0.4, -0.2) is 33.0 Å². The van der Waals surface area contributed by atoms with Gasteiger partial charge in [-0.2, -0.15) is 20.3 Å². The van der Waals surface area contributed by atoms with E-state index in [2.05, 4.69) is 66.2 Å². The van der Waals surface area contributed by atoms with E-state index in [0.717, 1.165) is 43.9 Å². The minimum absolute atomic E-state index is 0.145. The summed E-state index contributed by atoms with van der Waals surface area (Å²) in [6.45, 7) is 11.9. The fourth-order valence-electron chi connectivity index (χ4n) is 3.94. The maximum Gasteiger partial charge on any atom is 0.0856 e. The molecule has 1 saturated heterocycles. The fraction of sp³-hybridized carbons (Fsp3) is 0.571. The van der Waals surface area contributed by atoms with Gasteiger partial charge in [-0.25, -0.2) is 0 Å². The van der Waals surface area contributed by atoms with Crippen molar-refractivity contribution in [1.29, 1.82) is 5.26 Å². The molecule has 1 aromatic heterocycles. The summed E-state index contributed by atoms with van der Waals surface area (Å²) in [7, 11) is 0. The summed E-state index contributed by atoms with van der Waals surface area (Å²) in [5.74, 6) is 0. The molecule has 0 atom stereocenters. The highest BCUT2D eigenvalue weighted by molar-refractivity contribution is 5.32. The van der Waals surface area contributed by atoms with E-state index in [-0.39, 0.29) is 10.8 Å². The van der Waals surface area contributed by atoms with Gasteiger partial charge in [0.1, 0.15) is 0 Å². The molecule has 3 rings (SSSR count). The van der Waals surface area contributed by atoms with Crippen molar-refractivity contribution >= 4 is 0 Å². The van der Waals surface area contributed by atoms with Gasteiger partial charge in [0.2, 0.25) is 0 Å². The highest BCUT2D eigenvalue weighted by Crippen LogP contribution is 2.49. The van der Waals surface area contributed by atoms with Gasteiger partial charge in [0.15, 0.2) is 0 Å². The van der Waals surface area contributed by atoms with Crippen LogP contribution in [0.4, 0.5) is 0 Å². The molecule has 138 valence electrons. The van der Waals surface area contributed by atoms with E-state index >= 15 is 0 Å². The highest BCUT2D eigenvalue weighted by Gasteiger charge is 2.43. The first-order chi connectivity index (χ1) is 12.3. The van der Waals surface area contributed by atoms with Crippen molar-refractivity contribution in [2.45, 2.75) is 53.5 Å². The zero-order valence-corrected chi connectivity index (χ0v) is 16.4. The number of likely N-dealkylation sites (tertiary alicyclic amines) is 1. The van der Waals surface area contributed by atoms with Crippen LogP contribution in [0, 0.1) is 29.1 Å². The monoisotopic (exact) mass is 351 g/mol. The van der Waals surface area contributed by atoms with E-state index in [1.807, 2.05) is 6.92 Å². The summed E-state index contributed by atoms with van der Waals surface area (Å²) in [6.07, 6.45) is 4.62. The minimum Gasteiger partial charge on any atom is -0.299 e. The summed E-state index contributed by atoms with van der Waals surface area (Å²) >= 11 is 0.